The van der Waals surface area contributed by atoms with Gasteiger partial charge in [0.05, 0.1) is 33.7 Å². The van der Waals surface area contributed by atoms with E-state index in [0.29, 0.717) is 5.56 Å². The molecule has 0 aliphatic rings. The molecule has 0 aliphatic heterocycles. The van der Waals surface area contributed by atoms with Gasteiger partial charge in [-0.1, -0.05) is 97.1 Å². The molecule has 3 heteroatoms. The smallest absolute Gasteiger partial charge is 0.0991 e. The van der Waals surface area contributed by atoms with Gasteiger partial charge in [0.25, 0.3) is 0 Å². The van der Waals surface area contributed by atoms with Crippen molar-refractivity contribution < 1.29 is 0 Å². The van der Waals surface area contributed by atoms with Crippen LogP contribution in [-0.2, 0) is 0 Å². The van der Waals surface area contributed by atoms with E-state index in [0.717, 1.165) is 22.1 Å². The van der Waals surface area contributed by atoms with Crippen LogP contribution in [0.25, 0.3) is 87.7 Å². The lowest BCUT2D eigenvalue weighted by Crippen LogP contribution is -1.94. The summed E-state index contributed by atoms with van der Waals surface area (Å²) in [5, 5.41) is 19.0. The number of rotatable bonds is 3. The average molecular weight is 610 g/mol. The number of fused-ring (bicyclic) bond motifs is 9. The first-order chi connectivity index (χ1) is 23.7. The summed E-state index contributed by atoms with van der Waals surface area (Å²) in [6.45, 7) is 0. The third kappa shape index (κ3) is 3.87. The molecule has 0 saturated heterocycles. The predicted octanol–water partition coefficient (Wildman–Crippen LogP) is 11.7. The molecule has 0 N–H and O–H groups in total. The van der Waals surface area contributed by atoms with Crippen LogP contribution >= 0.6 is 0 Å². The van der Waals surface area contributed by atoms with E-state index in [1.807, 2.05) is 12.1 Å². The zero-order valence-electron chi connectivity index (χ0n) is 25.9. The number of nitrogens with zero attached hydrogens (tertiary/aromatic N) is 3. The second-order valence-electron chi connectivity index (χ2n) is 12.5. The monoisotopic (exact) mass is 609 g/mol. The van der Waals surface area contributed by atoms with Gasteiger partial charge in [0, 0.05) is 32.9 Å². The molecule has 0 spiro atoms. The van der Waals surface area contributed by atoms with Gasteiger partial charge in [-0.05, 0) is 99.4 Å². The van der Waals surface area contributed by atoms with Gasteiger partial charge in [-0.2, -0.15) is 5.26 Å². The molecule has 0 fully saturated rings. The quantitative estimate of drug-likeness (QED) is 0.183. The van der Waals surface area contributed by atoms with Crippen LogP contribution in [0, 0.1) is 11.3 Å². The zero-order valence-corrected chi connectivity index (χ0v) is 25.9. The topological polar surface area (TPSA) is 33.6 Å². The third-order valence-electron chi connectivity index (χ3n) is 9.90. The highest BCUT2D eigenvalue weighted by Gasteiger charge is 2.16. The molecule has 0 unspecified atom stereocenters. The van der Waals surface area contributed by atoms with Crippen molar-refractivity contribution in [2.75, 3.05) is 0 Å². The van der Waals surface area contributed by atoms with Crippen LogP contribution in [0.2, 0.25) is 0 Å². The number of benzene rings is 8. The zero-order chi connectivity index (χ0) is 31.8. The van der Waals surface area contributed by atoms with E-state index < -0.39 is 0 Å². The van der Waals surface area contributed by atoms with E-state index in [2.05, 4.69) is 167 Å². The SMILES string of the molecule is N#Cc1ccc2c(ccc3ccc(-n4c5ccccc5c5cc(-c6ccc7c8ccccc8n(-c8ccccc8)c7c6)ccc54)cc32)c1. The molecule has 10 aromatic rings. The highest BCUT2D eigenvalue weighted by atomic mass is 15.0. The molecule has 48 heavy (non-hydrogen) atoms. The molecule has 0 atom stereocenters. The summed E-state index contributed by atoms with van der Waals surface area (Å²) in [4.78, 5) is 0. The van der Waals surface area contributed by atoms with Crippen molar-refractivity contribution in [3.8, 4) is 28.6 Å². The number of hydrogen-bond donors (Lipinski definition) is 0. The van der Waals surface area contributed by atoms with Crippen LogP contribution in [0.3, 0.4) is 0 Å². The van der Waals surface area contributed by atoms with Crippen LogP contribution in [-0.4, -0.2) is 9.13 Å². The molecule has 0 amide bonds. The molecule has 2 aromatic heterocycles. The van der Waals surface area contributed by atoms with Crippen molar-refractivity contribution in [3.05, 3.63) is 169 Å². The first kappa shape index (κ1) is 26.6. The average Bonchev–Trinajstić information content (AvgIpc) is 3.67. The van der Waals surface area contributed by atoms with Crippen LogP contribution in [0.5, 0.6) is 0 Å². The van der Waals surface area contributed by atoms with E-state index in [4.69, 9.17) is 0 Å². The summed E-state index contributed by atoms with van der Waals surface area (Å²) in [5.41, 5.74) is 10.1. The lowest BCUT2D eigenvalue weighted by molar-refractivity contribution is 1.18. The van der Waals surface area contributed by atoms with Gasteiger partial charge < -0.3 is 9.13 Å². The van der Waals surface area contributed by atoms with E-state index >= 15 is 0 Å². The molecular weight excluding hydrogens is 583 g/mol. The van der Waals surface area contributed by atoms with Crippen molar-refractivity contribution in [1.29, 1.82) is 5.26 Å². The Morgan fingerprint density at radius 3 is 1.77 bits per heavy atom. The summed E-state index contributed by atoms with van der Waals surface area (Å²) in [5.74, 6) is 0. The lowest BCUT2D eigenvalue weighted by atomic mass is 10.00. The van der Waals surface area contributed by atoms with Gasteiger partial charge in [0.15, 0.2) is 0 Å². The Hall–Kier alpha value is -6.63. The number of hydrogen-bond acceptors (Lipinski definition) is 1. The first-order valence-corrected chi connectivity index (χ1v) is 16.2. The largest absolute Gasteiger partial charge is 0.309 e. The maximum absolute atomic E-state index is 9.45. The van der Waals surface area contributed by atoms with Crippen molar-refractivity contribution in [3.63, 3.8) is 0 Å². The molecule has 222 valence electrons. The van der Waals surface area contributed by atoms with Gasteiger partial charge in [0.2, 0.25) is 0 Å². The van der Waals surface area contributed by atoms with Gasteiger partial charge in [-0.3, -0.25) is 0 Å². The second-order valence-corrected chi connectivity index (χ2v) is 12.5. The van der Waals surface area contributed by atoms with Gasteiger partial charge in [-0.15, -0.1) is 0 Å². The Bertz CT molecular complexity index is 2950. The summed E-state index contributed by atoms with van der Waals surface area (Å²) in [7, 11) is 0. The fourth-order valence-corrected chi connectivity index (χ4v) is 7.69. The third-order valence-corrected chi connectivity index (χ3v) is 9.90. The Kier molecular flexibility index (Phi) is 5.64. The van der Waals surface area contributed by atoms with Crippen molar-refractivity contribution in [2.45, 2.75) is 0 Å². The van der Waals surface area contributed by atoms with Gasteiger partial charge in [0.1, 0.15) is 0 Å². The predicted molar refractivity (Wildman–Crippen MR) is 200 cm³/mol. The molecular formula is C45H27N3. The Balaban J connectivity index is 1.18. The highest BCUT2D eigenvalue weighted by molar-refractivity contribution is 6.13. The van der Waals surface area contributed by atoms with E-state index in [1.54, 1.807) is 0 Å². The van der Waals surface area contributed by atoms with Crippen molar-refractivity contribution >= 4 is 65.2 Å². The number of aromatic nitrogens is 2. The lowest BCUT2D eigenvalue weighted by Gasteiger charge is -2.12. The molecule has 3 nitrogen and oxygen atoms in total. The second kappa shape index (κ2) is 10.2. The Labute approximate surface area is 276 Å². The summed E-state index contributed by atoms with van der Waals surface area (Å²) < 4.78 is 4.76. The number of para-hydroxylation sites is 3. The summed E-state index contributed by atoms with van der Waals surface area (Å²) in [6, 6.07) is 61.0. The minimum absolute atomic E-state index is 0.678. The molecule has 0 saturated carbocycles. The molecule has 8 aromatic carbocycles. The van der Waals surface area contributed by atoms with Gasteiger partial charge in [-0.25, -0.2) is 0 Å². The molecule has 0 aliphatic carbocycles. The Morgan fingerprint density at radius 2 is 0.958 bits per heavy atom. The molecule has 0 radical (unpaired) electrons. The Morgan fingerprint density at radius 1 is 0.354 bits per heavy atom. The molecule has 10 rings (SSSR count). The van der Waals surface area contributed by atoms with Crippen LogP contribution in [0.1, 0.15) is 5.56 Å². The fourth-order valence-electron chi connectivity index (χ4n) is 7.69. The van der Waals surface area contributed by atoms with Crippen LogP contribution in [0.15, 0.2) is 164 Å². The van der Waals surface area contributed by atoms with Gasteiger partial charge >= 0.3 is 0 Å². The molecule has 0 bridgehead atoms. The number of nitriles is 1. The standard InChI is InChI=1S/C45H27N3/c46-28-29-14-21-36-33(24-29)16-15-30-17-20-35(27-40(30)36)48-43-13-7-5-11-38(43)41-25-31(19-23-44(41)48)32-18-22-39-37-10-4-6-12-42(37)47(45(39)26-32)34-8-2-1-3-9-34/h1-27H. The highest BCUT2D eigenvalue weighted by Crippen LogP contribution is 2.39. The maximum atomic E-state index is 9.45. The fraction of sp³-hybridized carbons (Fsp3) is 0. The minimum atomic E-state index is 0.678. The first-order valence-electron chi connectivity index (χ1n) is 16.2. The minimum Gasteiger partial charge on any atom is -0.309 e. The van der Waals surface area contributed by atoms with E-state index in [9.17, 15) is 5.26 Å². The van der Waals surface area contributed by atoms with Crippen LogP contribution < -0.4 is 0 Å². The van der Waals surface area contributed by atoms with Crippen molar-refractivity contribution in [2.24, 2.45) is 0 Å². The van der Waals surface area contributed by atoms with Crippen molar-refractivity contribution in [1.82, 2.24) is 9.13 Å². The van der Waals surface area contributed by atoms with E-state index in [1.165, 1.54) is 65.5 Å². The maximum Gasteiger partial charge on any atom is 0.0991 e. The van der Waals surface area contributed by atoms with E-state index in [-0.39, 0.29) is 0 Å². The normalized spacial score (nSPS) is 11.7. The summed E-state index contributed by atoms with van der Waals surface area (Å²) >= 11 is 0. The molecule has 2 heterocycles. The van der Waals surface area contributed by atoms with Crippen LogP contribution in [0.4, 0.5) is 0 Å². The summed E-state index contributed by atoms with van der Waals surface area (Å²) in [6.07, 6.45) is 0.